The van der Waals surface area contributed by atoms with Gasteiger partial charge in [0.2, 0.25) is 11.8 Å². The highest BCUT2D eigenvalue weighted by Crippen LogP contribution is 2.29. The van der Waals surface area contributed by atoms with Crippen molar-refractivity contribution >= 4 is 34.3 Å². The van der Waals surface area contributed by atoms with E-state index in [1.807, 2.05) is 0 Å². The molecule has 2 heterocycles. The monoisotopic (exact) mass is 337 g/mol. The van der Waals surface area contributed by atoms with Crippen molar-refractivity contribution in [2.45, 2.75) is 13.0 Å². The number of benzene rings is 2. The Morgan fingerprint density at radius 1 is 1.20 bits per heavy atom. The van der Waals surface area contributed by atoms with E-state index in [1.165, 1.54) is 4.57 Å². The number of oxazole rings is 1. The number of anilines is 2. The lowest BCUT2D eigenvalue weighted by Crippen LogP contribution is -2.24. The van der Waals surface area contributed by atoms with E-state index in [-0.39, 0.29) is 18.4 Å². The van der Waals surface area contributed by atoms with E-state index in [4.69, 9.17) is 4.42 Å². The predicted octanol–water partition coefficient (Wildman–Crippen LogP) is 1.75. The van der Waals surface area contributed by atoms with Gasteiger partial charge in [0.05, 0.1) is 11.9 Å². The Morgan fingerprint density at radius 3 is 2.84 bits per heavy atom. The third-order valence-electron chi connectivity index (χ3n) is 4.32. The molecule has 0 spiro atoms. The van der Waals surface area contributed by atoms with E-state index in [0.717, 1.165) is 11.3 Å². The Bertz CT molecular complexity index is 1060. The molecule has 1 aliphatic heterocycles. The molecule has 1 aromatic heterocycles. The van der Waals surface area contributed by atoms with E-state index in [2.05, 4.69) is 5.32 Å². The van der Waals surface area contributed by atoms with E-state index in [1.54, 1.807) is 54.4 Å². The number of rotatable bonds is 3. The van der Waals surface area contributed by atoms with Crippen LogP contribution in [0.5, 0.6) is 0 Å². The first-order valence-corrected chi connectivity index (χ1v) is 7.80. The van der Waals surface area contributed by atoms with Crippen LogP contribution in [0.2, 0.25) is 0 Å². The maximum Gasteiger partial charge on any atom is 0.420 e. The molecule has 7 heteroatoms. The van der Waals surface area contributed by atoms with Crippen LogP contribution in [0.25, 0.3) is 11.1 Å². The van der Waals surface area contributed by atoms with Crippen LogP contribution in [0.3, 0.4) is 0 Å². The summed E-state index contributed by atoms with van der Waals surface area (Å²) in [5.41, 5.74) is 3.33. The molecule has 126 valence electrons. The minimum atomic E-state index is -0.572. The molecule has 2 aromatic carbocycles. The molecule has 1 aliphatic rings. The molecule has 2 amide bonds. The number of nitrogens with one attached hydrogen (secondary N) is 1. The van der Waals surface area contributed by atoms with Gasteiger partial charge in [-0.25, -0.2) is 4.79 Å². The zero-order valence-electron chi connectivity index (χ0n) is 13.5. The largest absolute Gasteiger partial charge is 0.420 e. The molecule has 0 saturated carbocycles. The molecular formula is C18H15N3O4. The Kier molecular flexibility index (Phi) is 3.42. The smallest absolute Gasteiger partial charge is 0.408 e. The Hall–Kier alpha value is -3.35. The van der Waals surface area contributed by atoms with Crippen molar-refractivity contribution in [1.29, 1.82) is 0 Å². The van der Waals surface area contributed by atoms with E-state index in [9.17, 15) is 14.4 Å². The van der Waals surface area contributed by atoms with Gasteiger partial charge in [-0.1, -0.05) is 12.1 Å². The molecule has 0 unspecified atom stereocenters. The zero-order valence-corrected chi connectivity index (χ0v) is 13.5. The summed E-state index contributed by atoms with van der Waals surface area (Å²) >= 11 is 0. The van der Waals surface area contributed by atoms with Crippen molar-refractivity contribution in [3.05, 3.63) is 58.6 Å². The molecule has 0 atom stereocenters. The predicted molar refractivity (Wildman–Crippen MR) is 92.7 cm³/mol. The number of likely N-dealkylation sites (N-methyl/N-ethyl adjacent to an activating group) is 1. The number of hydrogen-bond donors (Lipinski definition) is 1. The molecule has 4 rings (SSSR count). The second-order valence-electron chi connectivity index (χ2n) is 5.94. The average Bonchev–Trinajstić information content (AvgIpc) is 3.04. The number of hydrogen-bond acceptors (Lipinski definition) is 4. The van der Waals surface area contributed by atoms with Gasteiger partial charge in [-0.3, -0.25) is 14.2 Å². The first kappa shape index (κ1) is 15.2. The quantitative estimate of drug-likeness (QED) is 0.789. The average molecular weight is 337 g/mol. The number of carbonyl (C=O) groups is 2. The van der Waals surface area contributed by atoms with Gasteiger partial charge in [0, 0.05) is 18.4 Å². The topological polar surface area (TPSA) is 84.5 Å². The summed E-state index contributed by atoms with van der Waals surface area (Å²) in [6.45, 7) is -0.147. The summed E-state index contributed by atoms with van der Waals surface area (Å²) in [4.78, 5) is 37.6. The lowest BCUT2D eigenvalue weighted by atomic mass is 10.1. The van der Waals surface area contributed by atoms with Crippen molar-refractivity contribution in [2.24, 2.45) is 0 Å². The van der Waals surface area contributed by atoms with Crippen LogP contribution in [0.15, 0.2) is 51.7 Å². The number of aromatic nitrogens is 1. The number of para-hydroxylation sites is 2. The van der Waals surface area contributed by atoms with Crippen molar-refractivity contribution < 1.29 is 14.0 Å². The summed E-state index contributed by atoms with van der Waals surface area (Å²) in [5.74, 6) is -0.890. The summed E-state index contributed by atoms with van der Waals surface area (Å²) in [5, 5.41) is 2.76. The van der Waals surface area contributed by atoms with E-state index >= 15 is 0 Å². The maximum atomic E-state index is 12.3. The lowest BCUT2D eigenvalue weighted by molar-refractivity contribution is -0.117. The first-order chi connectivity index (χ1) is 12.0. The molecule has 7 nitrogen and oxygen atoms in total. The third-order valence-corrected chi connectivity index (χ3v) is 4.32. The van der Waals surface area contributed by atoms with Gasteiger partial charge < -0.3 is 14.6 Å². The molecule has 0 bridgehead atoms. The second kappa shape index (κ2) is 5.62. The zero-order chi connectivity index (χ0) is 17.6. The summed E-state index contributed by atoms with van der Waals surface area (Å²) in [6.07, 6.45) is 0.321. The highest BCUT2D eigenvalue weighted by molar-refractivity contribution is 6.02. The van der Waals surface area contributed by atoms with Crippen LogP contribution in [0, 0.1) is 0 Å². The fourth-order valence-corrected chi connectivity index (χ4v) is 3.06. The van der Waals surface area contributed by atoms with Gasteiger partial charge in [0.1, 0.15) is 6.54 Å². The van der Waals surface area contributed by atoms with Crippen LogP contribution < -0.4 is 16.0 Å². The van der Waals surface area contributed by atoms with Gasteiger partial charge in [0.15, 0.2) is 5.58 Å². The molecule has 0 fully saturated rings. The Morgan fingerprint density at radius 2 is 2.00 bits per heavy atom. The van der Waals surface area contributed by atoms with Crippen LogP contribution in [0.1, 0.15) is 5.56 Å². The Labute approximate surface area is 142 Å². The summed E-state index contributed by atoms with van der Waals surface area (Å²) in [6, 6.07) is 12.3. The fourth-order valence-electron chi connectivity index (χ4n) is 3.06. The van der Waals surface area contributed by atoms with Crippen molar-refractivity contribution in [2.75, 3.05) is 17.3 Å². The number of fused-ring (bicyclic) bond motifs is 2. The van der Waals surface area contributed by atoms with Crippen molar-refractivity contribution in [3.63, 3.8) is 0 Å². The molecular weight excluding hydrogens is 322 g/mol. The normalized spacial score (nSPS) is 13.3. The number of amides is 2. The molecule has 0 saturated heterocycles. The lowest BCUT2D eigenvalue weighted by Gasteiger charge is -2.11. The molecule has 0 radical (unpaired) electrons. The minimum absolute atomic E-state index is 0.0231. The Balaban J connectivity index is 1.55. The molecule has 25 heavy (non-hydrogen) atoms. The van der Waals surface area contributed by atoms with Crippen molar-refractivity contribution in [3.8, 4) is 0 Å². The van der Waals surface area contributed by atoms with Gasteiger partial charge in [-0.2, -0.15) is 0 Å². The third kappa shape index (κ3) is 2.59. The number of carbonyl (C=O) groups excluding carboxylic acids is 2. The highest BCUT2D eigenvalue weighted by atomic mass is 16.4. The highest BCUT2D eigenvalue weighted by Gasteiger charge is 2.24. The number of nitrogens with zero attached hydrogens (tertiary/aromatic N) is 2. The fraction of sp³-hybridized carbons (Fsp3) is 0.167. The van der Waals surface area contributed by atoms with Gasteiger partial charge in [0.25, 0.3) is 0 Å². The van der Waals surface area contributed by atoms with Crippen LogP contribution in [0.4, 0.5) is 11.4 Å². The molecule has 3 aromatic rings. The summed E-state index contributed by atoms with van der Waals surface area (Å²) in [7, 11) is 1.73. The van der Waals surface area contributed by atoms with Gasteiger partial charge in [-0.15, -0.1) is 0 Å². The van der Waals surface area contributed by atoms with Gasteiger partial charge in [-0.05, 0) is 35.9 Å². The van der Waals surface area contributed by atoms with Crippen molar-refractivity contribution in [1.82, 2.24) is 4.57 Å². The van der Waals surface area contributed by atoms with Crippen LogP contribution in [-0.4, -0.2) is 23.4 Å². The molecule has 1 N–H and O–H groups in total. The van der Waals surface area contributed by atoms with Crippen LogP contribution >= 0.6 is 0 Å². The minimum Gasteiger partial charge on any atom is -0.408 e. The standard InChI is InChI=1S/C18H15N3O4/c1-20-13-7-6-12(8-11(13)9-17(20)23)19-16(22)10-21-14-4-2-3-5-15(14)25-18(21)24/h2-8H,9-10H2,1H3,(H,19,22). The van der Waals surface area contributed by atoms with E-state index in [0.29, 0.717) is 23.2 Å². The first-order valence-electron chi connectivity index (χ1n) is 7.80. The van der Waals surface area contributed by atoms with E-state index < -0.39 is 5.76 Å². The SMILES string of the molecule is CN1C(=O)Cc2cc(NC(=O)Cn3c(=O)oc4ccccc43)ccc21. The maximum absolute atomic E-state index is 12.3. The van der Waals surface area contributed by atoms with Gasteiger partial charge >= 0.3 is 5.76 Å². The second-order valence-corrected chi connectivity index (χ2v) is 5.94. The van der Waals surface area contributed by atoms with Crippen LogP contribution in [-0.2, 0) is 22.6 Å². The molecule has 0 aliphatic carbocycles. The summed E-state index contributed by atoms with van der Waals surface area (Å²) < 4.78 is 6.41.